The summed E-state index contributed by atoms with van der Waals surface area (Å²) in [5, 5.41) is 0. The van der Waals surface area contributed by atoms with Crippen molar-refractivity contribution in [3.8, 4) is 11.5 Å². The van der Waals surface area contributed by atoms with Crippen molar-refractivity contribution < 1.29 is 14.3 Å². The molecular formula is C21H26O3. The van der Waals surface area contributed by atoms with Crippen LogP contribution in [0.25, 0.3) is 0 Å². The Morgan fingerprint density at radius 3 is 2.00 bits per heavy atom. The molecule has 0 aliphatic heterocycles. The molecule has 0 aliphatic carbocycles. The van der Waals surface area contributed by atoms with E-state index in [1.54, 1.807) is 19.9 Å². The second-order valence-electron chi connectivity index (χ2n) is 7.54. The fraction of sp³-hybridized carbons (Fsp3) is 0.381. The van der Waals surface area contributed by atoms with Gasteiger partial charge in [-0.15, -0.1) is 0 Å². The number of rotatable bonds is 4. The average Bonchev–Trinajstić information content (AvgIpc) is 2.48. The van der Waals surface area contributed by atoms with Gasteiger partial charge in [0, 0.05) is 0 Å². The lowest BCUT2D eigenvalue weighted by Crippen LogP contribution is -2.41. The lowest BCUT2D eigenvalue weighted by Gasteiger charge is -2.25. The molecule has 24 heavy (non-hydrogen) atoms. The van der Waals surface area contributed by atoms with Gasteiger partial charge in [-0.25, -0.2) is 4.79 Å². The van der Waals surface area contributed by atoms with Crippen LogP contribution < -0.4 is 9.47 Å². The first-order valence-electron chi connectivity index (χ1n) is 8.17. The van der Waals surface area contributed by atoms with Gasteiger partial charge in [-0.2, -0.15) is 0 Å². The van der Waals surface area contributed by atoms with E-state index in [-0.39, 0.29) is 5.41 Å². The summed E-state index contributed by atoms with van der Waals surface area (Å²) in [5.41, 5.74) is 1.13. The maximum atomic E-state index is 12.5. The van der Waals surface area contributed by atoms with Gasteiger partial charge in [-0.05, 0) is 55.5 Å². The molecular weight excluding hydrogens is 300 g/mol. The van der Waals surface area contributed by atoms with Crippen molar-refractivity contribution in [3.05, 3.63) is 59.7 Å². The van der Waals surface area contributed by atoms with E-state index in [1.165, 1.54) is 5.56 Å². The monoisotopic (exact) mass is 326 g/mol. The van der Waals surface area contributed by atoms with E-state index >= 15 is 0 Å². The van der Waals surface area contributed by atoms with Crippen LogP contribution >= 0.6 is 0 Å². The Morgan fingerprint density at radius 1 is 0.875 bits per heavy atom. The molecule has 3 heteroatoms. The predicted octanol–water partition coefficient (Wildman–Crippen LogP) is 5.06. The quantitative estimate of drug-likeness (QED) is 0.582. The number of carbonyl (C=O) groups is 1. The summed E-state index contributed by atoms with van der Waals surface area (Å²) in [7, 11) is 0. The minimum absolute atomic E-state index is 0.0812. The molecule has 0 N–H and O–H groups in total. The van der Waals surface area contributed by atoms with Gasteiger partial charge >= 0.3 is 5.97 Å². The number of hydrogen-bond acceptors (Lipinski definition) is 3. The molecule has 0 heterocycles. The second kappa shape index (κ2) is 6.68. The van der Waals surface area contributed by atoms with Crippen LogP contribution in [0.4, 0.5) is 0 Å². The lowest BCUT2D eigenvalue weighted by molar-refractivity contribution is -0.149. The van der Waals surface area contributed by atoms with Crippen molar-refractivity contribution in [2.75, 3.05) is 0 Å². The summed E-state index contributed by atoms with van der Waals surface area (Å²) < 4.78 is 11.4. The molecule has 0 saturated heterocycles. The van der Waals surface area contributed by atoms with Crippen molar-refractivity contribution in [3.63, 3.8) is 0 Å². The first-order chi connectivity index (χ1) is 11.1. The van der Waals surface area contributed by atoms with Gasteiger partial charge < -0.3 is 9.47 Å². The van der Waals surface area contributed by atoms with Gasteiger partial charge in [0.2, 0.25) is 5.60 Å². The molecule has 0 spiro atoms. The van der Waals surface area contributed by atoms with Crippen LogP contribution in [0, 0.1) is 6.92 Å². The summed E-state index contributed by atoms with van der Waals surface area (Å²) >= 11 is 0. The topological polar surface area (TPSA) is 35.5 Å². The van der Waals surface area contributed by atoms with Crippen molar-refractivity contribution in [2.24, 2.45) is 0 Å². The molecule has 128 valence electrons. The second-order valence-corrected chi connectivity index (χ2v) is 7.54. The maximum Gasteiger partial charge on any atom is 0.355 e. The highest BCUT2D eigenvalue weighted by Crippen LogP contribution is 2.27. The number of hydrogen-bond donors (Lipinski definition) is 0. The first kappa shape index (κ1) is 18.1. The zero-order valence-electron chi connectivity index (χ0n) is 15.3. The molecule has 0 saturated carbocycles. The summed E-state index contributed by atoms with van der Waals surface area (Å²) in [6.07, 6.45) is 0. The van der Waals surface area contributed by atoms with Gasteiger partial charge in [-0.1, -0.05) is 51.1 Å². The van der Waals surface area contributed by atoms with Crippen LogP contribution in [0.5, 0.6) is 11.5 Å². The minimum atomic E-state index is -1.08. The SMILES string of the molecule is Cc1ccccc1OC(=O)C(C)(C)Oc1ccc(C(C)(C)C)cc1. The Morgan fingerprint density at radius 2 is 1.46 bits per heavy atom. The van der Waals surface area contributed by atoms with Gasteiger partial charge in [0.05, 0.1) is 0 Å². The van der Waals surface area contributed by atoms with Crippen LogP contribution in [0.3, 0.4) is 0 Å². The summed E-state index contributed by atoms with van der Waals surface area (Å²) in [6, 6.07) is 15.3. The highest BCUT2D eigenvalue weighted by Gasteiger charge is 2.32. The number of benzene rings is 2. The van der Waals surface area contributed by atoms with Gasteiger partial charge in [0.25, 0.3) is 0 Å². The van der Waals surface area contributed by atoms with Crippen molar-refractivity contribution >= 4 is 5.97 Å². The van der Waals surface area contributed by atoms with Crippen molar-refractivity contribution in [2.45, 2.75) is 52.6 Å². The van der Waals surface area contributed by atoms with Gasteiger partial charge in [0.1, 0.15) is 11.5 Å². The van der Waals surface area contributed by atoms with Crippen molar-refractivity contribution in [1.29, 1.82) is 0 Å². The molecule has 2 aromatic rings. The summed E-state index contributed by atoms with van der Waals surface area (Å²) in [4.78, 5) is 12.5. The van der Waals surface area contributed by atoms with Crippen molar-refractivity contribution in [1.82, 2.24) is 0 Å². The van der Waals surface area contributed by atoms with Crippen LogP contribution in [0.2, 0.25) is 0 Å². The third-order valence-corrected chi connectivity index (χ3v) is 3.88. The first-order valence-corrected chi connectivity index (χ1v) is 8.17. The predicted molar refractivity (Wildman–Crippen MR) is 96.7 cm³/mol. The van der Waals surface area contributed by atoms with Gasteiger partial charge in [0.15, 0.2) is 0 Å². The van der Waals surface area contributed by atoms with E-state index in [1.807, 2.05) is 49.4 Å². The summed E-state index contributed by atoms with van der Waals surface area (Å²) in [6.45, 7) is 11.8. The molecule has 0 aliphatic rings. The van der Waals surface area contributed by atoms with Crippen LogP contribution in [0.1, 0.15) is 45.7 Å². The molecule has 0 unspecified atom stereocenters. The molecule has 0 amide bonds. The van der Waals surface area contributed by atoms with E-state index < -0.39 is 11.6 Å². The molecule has 0 atom stereocenters. The van der Waals surface area contributed by atoms with E-state index in [2.05, 4.69) is 20.8 Å². The Hall–Kier alpha value is -2.29. The Bertz CT molecular complexity index is 707. The largest absolute Gasteiger partial charge is 0.476 e. The molecule has 0 bridgehead atoms. The highest BCUT2D eigenvalue weighted by atomic mass is 16.6. The summed E-state index contributed by atoms with van der Waals surface area (Å²) in [5.74, 6) is 0.786. The molecule has 2 aromatic carbocycles. The van der Waals surface area contributed by atoms with Crippen LogP contribution in [-0.2, 0) is 10.2 Å². The molecule has 0 radical (unpaired) electrons. The zero-order chi connectivity index (χ0) is 18.0. The Labute approximate surface area is 144 Å². The Balaban J connectivity index is 2.10. The number of aryl methyl sites for hydroxylation is 1. The minimum Gasteiger partial charge on any atom is -0.476 e. The highest BCUT2D eigenvalue weighted by molar-refractivity contribution is 5.81. The number of ether oxygens (including phenoxy) is 2. The van der Waals surface area contributed by atoms with E-state index in [0.29, 0.717) is 11.5 Å². The fourth-order valence-electron chi connectivity index (χ4n) is 2.25. The van der Waals surface area contributed by atoms with Crippen LogP contribution in [0.15, 0.2) is 48.5 Å². The third-order valence-electron chi connectivity index (χ3n) is 3.88. The van der Waals surface area contributed by atoms with E-state index in [0.717, 1.165) is 5.56 Å². The molecule has 3 nitrogen and oxygen atoms in total. The number of esters is 1. The maximum absolute atomic E-state index is 12.5. The Kier molecular flexibility index (Phi) is 5.02. The standard InChI is InChI=1S/C21H26O3/c1-15-9-7-8-10-18(15)23-19(22)21(5,6)24-17-13-11-16(12-14-17)20(2,3)4/h7-14H,1-6H3. The normalized spacial score (nSPS) is 11.9. The molecule has 0 fully saturated rings. The average molecular weight is 326 g/mol. The molecule has 0 aromatic heterocycles. The number of para-hydroxylation sites is 1. The van der Waals surface area contributed by atoms with E-state index in [9.17, 15) is 4.79 Å². The third kappa shape index (κ3) is 4.38. The van der Waals surface area contributed by atoms with Gasteiger partial charge in [-0.3, -0.25) is 0 Å². The van der Waals surface area contributed by atoms with Crippen LogP contribution in [-0.4, -0.2) is 11.6 Å². The lowest BCUT2D eigenvalue weighted by atomic mass is 9.87. The zero-order valence-corrected chi connectivity index (χ0v) is 15.3. The fourth-order valence-corrected chi connectivity index (χ4v) is 2.25. The molecule has 2 rings (SSSR count). The number of carbonyl (C=O) groups excluding carboxylic acids is 1. The van der Waals surface area contributed by atoms with E-state index in [4.69, 9.17) is 9.47 Å². The smallest absolute Gasteiger partial charge is 0.355 e.